The Bertz CT molecular complexity index is 254. The molecule has 52 valence electrons. The molecule has 0 radical (unpaired) electrons. The van der Waals surface area contributed by atoms with E-state index in [9.17, 15) is 0 Å². The molecule has 1 unspecified atom stereocenters. The number of aromatic nitrogens is 2. The van der Waals surface area contributed by atoms with Crippen molar-refractivity contribution in [1.29, 1.82) is 0 Å². The predicted octanol–water partition coefficient (Wildman–Crippen LogP) is 1.16. The number of hydrogen-bond acceptors (Lipinski definition) is 1. The van der Waals surface area contributed by atoms with Gasteiger partial charge in [0.1, 0.15) is 5.82 Å². The van der Waals surface area contributed by atoms with Gasteiger partial charge in [-0.1, -0.05) is 5.92 Å². The van der Waals surface area contributed by atoms with Gasteiger partial charge in [0.2, 0.25) is 0 Å². The van der Waals surface area contributed by atoms with Crippen LogP contribution in [-0.4, -0.2) is 9.55 Å². The van der Waals surface area contributed by atoms with Gasteiger partial charge in [-0.2, -0.15) is 0 Å². The third kappa shape index (κ3) is 1.03. The summed E-state index contributed by atoms with van der Waals surface area (Å²) < 4.78 is 1.94. The summed E-state index contributed by atoms with van der Waals surface area (Å²) >= 11 is 0. The van der Waals surface area contributed by atoms with E-state index in [1.54, 1.807) is 6.20 Å². The maximum absolute atomic E-state index is 5.23. The number of rotatable bonds is 1. The molecule has 0 aliphatic rings. The van der Waals surface area contributed by atoms with Crippen molar-refractivity contribution in [2.24, 2.45) is 7.05 Å². The van der Waals surface area contributed by atoms with Gasteiger partial charge in [0, 0.05) is 19.4 Å². The highest BCUT2D eigenvalue weighted by atomic mass is 15.0. The van der Waals surface area contributed by atoms with Crippen LogP contribution in [0.3, 0.4) is 0 Å². The molecule has 0 spiro atoms. The highest BCUT2D eigenvalue weighted by molar-refractivity contribution is 5.11. The zero-order valence-electron chi connectivity index (χ0n) is 6.20. The van der Waals surface area contributed by atoms with Crippen molar-refractivity contribution in [2.45, 2.75) is 12.8 Å². The van der Waals surface area contributed by atoms with Gasteiger partial charge in [-0.25, -0.2) is 4.98 Å². The predicted molar refractivity (Wildman–Crippen MR) is 40.5 cm³/mol. The van der Waals surface area contributed by atoms with Crippen LogP contribution in [0.1, 0.15) is 18.7 Å². The lowest BCUT2D eigenvalue weighted by atomic mass is 10.2. The average molecular weight is 134 g/mol. The first-order valence-corrected chi connectivity index (χ1v) is 3.19. The van der Waals surface area contributed by atoms with Crippen molar-refractivity contribution < 1.29 is 0 Å². The van der Waals surface area contributed by atoms with E-state index in [1.807, 2.05) is 24.7 Å². The summed E-state index contributed by atoms with van der Waals surface area (Å²) in [7, 11) is 1.94. The summed E-state index contributed by atoms with van der Waals surface area (Å²) in [6.07, 6.45) is 8.87. The van der Waals surface area contributed by atoms with Gasteiger partial charge in [0.15, 0.2) is 0 Å². The summed E-state index contributed by atoms with van der Waals surface area (Å²) in [5, 5.41) is 0. The van der Waals surface area contributed by atoms with Crippen molar-refractivity contribution in [3.63, 3.8) is 0 Å². The SMILES string of the molecule is C#CC(C)c1nccn1C. The molecule has 0 saturated carbocycles. The maximum atomic E-state index is 5.23. The van der Waals surface area contributed by atoms with E-state index in [1.165, 1.54) is 0 Å². The normalized spacial score (nSPS) is 12.5. The lowest BCUT2D eigenvalue weighted by Crippen LogP contribution is -1.99. The molecular formula is C8H10N2. The van der Waals surface area contributed by atoms with Gasteiger partial charge in [-0.05, 0) is 6.92 Å². The van der Waals surface area contributed by atoms with E-state index in [4.69, 9.17) is 6.42 Å². The highest BCUT2D eigenvalue weighted by Crippen LogP contribution is 2.08. The Hall–Kier alpha value is -1.23. The van der Waals surface area contributed by atoms with E-state index in [0.29, 0.717) is 0 Å². The largest absolute Gasteiger partial charge is 0.337 e. The van der Waals surface area contributed by atoms with Gasteiger partial charge in [-0.3, -0.25) is 0 Å². The zero-order chi connectivity index (χ0) is 7.56. The lowest BCUT2D eigenvalue weighted by molar-refractivity contribution is 0.768. The van der Waals surface area contributed by atoms with Crippen LogP contribution in [0.2, 0.25) is 0 Å². The molecule has 0 fully saturated rings. The monoisotopic (exact) mass is 134 g/mol. The van der Waals surface area contributed by atoms with Crippen molar-refractivity contribution in [2.75, 3.05) is 0 Å². The van der Waals surface area contributed by atoms with Crippen LogP contribution in [-0.2, 0) is 7.05 Å². The molecule has 1 atom stereocenters. The fourth-order valence-corrected chi connectivity index (χ4v) is 0.869. The van der Waals surface area contributed by atoms with Gasteiger partial charge >= 0.3 is 0 Å². The van der Waals surface area contributed by atoms with E-state index >= 15 is 0 Å². The Kier molecular flexibility index (Phi) is 1.77. The van der Waals surface area contributed by atoms with Gasteiger partial charge in [-0.15, -0.1) is 6.42 Å². The van der Waals surface area contributed by atoms with Crippen LogP contribution in [0.15, 0.2) is 12.4 Å². The molecule has 2 heteroatoms. The number of hydrogen-bond donors (Lipinski definition) is 0. The Labute approximate surface area is 60.9 Å². The third-order valence-electron chi connectivity index (χ3n) is 1.50. The Morgan fingerprint density at radius 1 is 1.80 bits per heavy atom. The van der Waals surface area contributed by atoms with Crippen LogP contribution in [0.4, 0.5) is 0 Å². The number of aryl methyl sites for hydroxylation is 1. The van der Waals surface area contributed by atoms with E-state index in [2.05, 4.69) is 10.9 Å². The Balaban J connectivity index is 2.96. The first kappa shape index (κ1) is 6.88. The van der Waals surface area contributed by atoms with Gasteiger partial charge in [0.25, 0.3) is 0 Å². The Morgan fingerprint density at radius 3 is 2.90 bits per heavy atom. The molecule has 0 saturated heterocycles. The molecular weight excluding hydrogens is 124 g/mol. The molecule has 0 aliphatic heterocycles. The van der Waals surface area contributed by atoms with Crippen molar-refractivity contribution in [3.8, 4) is 12.3 Å². The van der Waals surface area contributed by atoms with Crippen molar-refractivity contribution in [3.05, 3.63) is 18.2 Å². The quantitative estimate of drug-likeness (QED) is 0.527. The molecule has 1 heterocycles. The second kappa shape index (κ2) is 2.57. The number of terminal acetylenes is 1. The fraction of sp³-hybridized carbons (Fsp3) is 0.375. The third-order valence-corrected chi connectivity index (χ3v) is 1.50. The van der Waals surface area contributed by atoms with E-state index in [0.717, 1.165) is 5.82 Å². The summed E-state index contributed by atoms with van der Waals surface area (Å²) in [6.45, 7) is 1.96. The molecule has 0 amide bonds. The second-order valence-electron chi connectivity index (χ2n) is 2.28. The lowest BCUT2D eigenvalue weighted by Gasteiger charge is -2.02. The summed E-state index contributed by atoms with van der Waals surface area (Å²) in [6, 6.07) is 0. The molecule has 0 aliphatic carbocycles. The summed E-state index contributed by atoms with van der Waals surface area (Å²) in [5.41, 5.74) is 0. The van der Waals surface area contributed by atoms with Crippen LogP contribution < -0.4 is 0 Å². The van der Waals surface area contributed by atoms with Crippen LogP contribution in [0, 0.1) is 12.3 Å². The molecule has 1 aromatic heterocycles. The van der Waals surface area contributed by atoms with Gasteiger partial charge in [0.05, 0.1) is 5.92 Å². The van der Waals surface area contributed by atoms with Crippen molar-refractivity contribution >= 4 is 0 Å². The van der Waals surface area contributed by atoms with Crippen LogP contribution in [0.5, 0.6) is 0 Å². The van der Waals surface area contributed by atoms with Gasteiger partial charge < -0.3 is 4.57 Å². The molecule has 2 nitrogen and oxygen atoms in total. The molecule has 10 heavy (non-hydrogen) atoms. The average Bonchev–Trinajstić information content (AvgIpc) is 2.34. The van der Waals surface area contributed by atoms with Crippen molar-refractivity contribution in [1.82, 2.24) is 9.55 Å². The van der Waals surface area contributed by atoms with E-state index in [-0.39, 0.29) is 5.92 Å². The zero-order valence-corrected chi connectivity index (χ0v) is 6.20. The maximum Gasteiger partial charge on any atom is 0.123 e. The van der Waals surface area contributed by atoms with E-state index < -0.39 is 0 Å². The number of imidazole rings is 1. The highest BCUT2D eigenvalue weighted by Gasteiger charge is 2.04. The standard InChI is InChI=1S/C8H10N2/c1-4-7(2)8-9-5-6-10(8)3/h1,5-7H,2-3H3. The number of nitrogens with zero attached hydrogens (tertiary/aromatic N) is 2. The first-order chi connectivity index (χ1) is 4.75. The minimum atomic E-state index is 0.111. The smallest absolute Gasteiger partial charge is 0.123 e. The summed E-state index contributed by atoms with van der Waals surface area (Å²) in [4.78, 5) is 4.11. The molecule has 1 rings (SSSR count). The molecule has 0 aromatic carbocycles. The Morgan fingerprint density at radius 2 is 2.50 bits per heavy atom. The molecule has 0 N–H and O–H groups in total. The minimum Gasteiger partial charge on any atom is -0.337 e. The first-order valence-electron chi connectivity index (χ1n) is 3.19. The second-order valence-corrected chi connectivity index (χ2v) is 2.28. The summed E-state index contributed by atoms with van der Waals surface area (Å²) in [5.74, 6) is 3.68. The fourth-order valence-electron chi connectivity index (χ4n) is 0.869. The van der Waals surface area contributed by atoms with Crippen LogP contribution >= 0.6 is 0 Å². The molecule has 0 bridgehead atoms. The molecule has 1 aromatic rings. The topological polar surface area (TPSA) is 17.8 Å². The van der Waals surface area contributed by atoms with Crippen LogP contribution in [0.25, 0.3) is 0 Å². The minimum absolute atomic E-state index is 0.111.